The summed E-state index contributed by atoms with van der Waals surface area (Å²) in [6, 6.07) is 0.442. The smallest absolute Gasteiger partial charge is 0.232 e. The molecule has 1 saturated heterocycles. The molecule has 0 aliphatic carbocycles. The van der Waals surface area contributed by atoms with Crippen molar-refractivity contribution in [3.05, 3.63) is 11.7 Å². The van der Waals surface area contributed by atoms with Crippen LogP contribution in [0.2, 0.25) is 0 Å². The molecule has 0 saturated carbocycles. The van der Waals surface area contributed by atoms with Gasteiger partial charge in [0, 0.05) is 51.4 Å². The first-order valence-electron chi connectivity index (χ1n) is 10.0. The third kappa shape index (κ3) is 8.60. The highest BCUT2D eigenvalue weighted by molar-refractivity contribution is 14.0. The van der Waals surface area contributed by atoms with Gasteiger partial charge in [0.15, 0.2) is 11.8 Å². The van der Waals surface area contributed by atoms with Crippen LogP contribution in [0.4, 0.5) is 0 Å². The van der Waals surface area contributed by atoms with Gasteiger partial charge in [-0.3, -0.25) is 0 Å². The van der Waals surface area contributed by atoms with E-state index in [2.05, 4.69) is 58.4 Å². The number of nitrogens with zero attached hydrogens (tertiary/aromatic N) is 4. The Morgan fingerprint density at radius 3 is 2.61 bits per heavy atom. The third-order valence-electron chi connectivity index (χ3n) is 4.58. The normalized spacial score (nSPS) is 16.7. The number of rotatable bonds is 8. The second-order valence-electron chi connectivity index (χ2n) is 8.07. The quantitative estimate of drug-likeness (QED) is 0.242. The number of likely N-dealkylation sites (tertiary alicyclic amines) is 1. The fourth-order valence-electron chi connectivity index (χ4n) is 3.02. The number of aliphatic imine (C=N–C) groups is 1. The first-order chi connectivity index (χ1) is 12.9. The lowest BCUT2D eigenvalue weighted by Gasteiger charge is -2.33. The first-order valence-corrected chi connectivity index (χ1v) is 10.0. The van der Waals surface area contributed by atoms with Crippen LogP contribution in [0.15, 0.2) is 9.52 Å². The molecule has 0 aromatic carbocycles. The molecule has 1 aromatic heterocycles. The van der Waals surface area contributed by atoms with Crippen LogP contribution in [0, 0.1) is 0 Å². The SMILES string of the molecule is CCNC(=NCc1noc(C(C)(C)C)n1)NC1CCN(CCCOC)CC1.I. The number of aromatic nitrogens is 2. The van der Waals surface area contributed by atoms with E-state index in [1.54, 1.807) is 7.11 Å². The van der Waals surface area contributed by atoms with Gasteiger partial charge < -0.3 is 24.8 Å². The third-order valence-corrected chi connectivity index (χ3v) is 4.58. The van der Waals surface area contributed by atoms with Gasteiger partial charge in [-0.2, -0.15) is 4.98 Å². The van der Waals surface area contributed by atoms with Crippen molar-refractivity contribution < 1.29 is 9.26 Å². The molecule has 0 atom stereocenters. The van der Waals surface area contributed by atoms with Gasteiger partial charge >= 0.3 is 0 Å². The first kappa shape index (κ1) is 25.1. The minimum absolute atomic E-state index is 0. The summed E-state index contributed by atoms with van der Waals surface area (Å²) in [5.74, 6) is 2.08. The highest BCUT2D eigenvalue weighted by Crippen LogP contribution is 2.19. The molecule has 0 amide bonds. The topological polar surface area (TPSA) is 87.8 Å². The van der Waals surface area contributed by atoms with Gasteiger partial charge in [0.2, 0.25) is 5.89 Å². The molecule has 28 heavy (non-hydrogen) atoms. The van der Waals surface area contributed by atoms with Crippen LogP contribution in [-0.2, 0) is 16.7 Å². The summed E-state index contributed by atoms with van der Waals surface area (Å²) >= 11 is 0. The second-order valence-corrected chi connectivity index (χ2v) is 8.07. The number of piperidine rings is 1. The van der Waals surface area contributed by atoms with E-state index < -0.39 is 0 Å². The number of nitrogens with one attached hydrogen (secondary N) is 2. The molecule has 0 radical (unpaired) electrons. The number of hydrogen-bond donors (Lipinski definition) is 2. The molecule has 162 valence electrons. The molecule has 1 aromatic rings. The summed E-state index contributed by atoms with van der Waals surface area (Å²) in [6.07, 6.45) is 3.33. The zero-order valence-electron chi connectivity index (χ0n) is 18.0. The Hall–Kier alpha value is -0.940. The Morgan fingerprint density at radius 1 is 1.32 bits per heavy atom. The van der Waals surface area contributed by atoms with Crippen LogP contribution in [0.25, 0.3) is 0 Å². The van der Waals surface area contributed by atoms with Crippen molar-refractivity contribution >= 4 is 29.9 Å². The van der Waals surface area contributed by atoms with Crippen LogP contribution in [0.1, 0.15) is 58.7 Å². The highest BCUT2D eigenvalue weighted by Gasteiger charge is 2.22. The standard InChI is InChI=1S/C19H36N6O2.HI/c1-6-20-18(21-14-16-23-17(27-24-16)19(2,3)4)22-15-8-11-25(12-9-15)10-7-13-26-5;/h15H,6-14H2,1-5H3,(H2,20,21,22);1H. The van der Waals surface area contributed by atoms with Gasteiger partial charge in [0.1, 0.15) is 6.54 Å². The zero-order valence-corrected chi connectivity index (χ0v) is 20.3. The Bertz CT molecular complexity index is 579. The van der Waals surface area contributed by atoms with Crippen molar-refractivity contribution in [3.8, 4) is 0 Å². The van der Waals surface area contributed by atoms with Crippen LogP contribution in [-0.4, -0.2) is 66.9 Å². The zero-order chi connectivity index (χ0) is 19.7. The average Bonchev–Trinajstić information content (AvgIpc) is 3.11. The number of methoxy groups -OCH3 is 1. The van der Waals surface area contributed by atoms with E-state index in [1.807, 2.05) is 0 Å². The fourth-order valence-corrected chi connectivity index (χ4v) is 3.02. The van der Waals surface area contributed by atoms with Crippen molar-refractivity contribution in [2.45, 2.75) is 65.0 Å². The van der Waals surface area contributed by atoms with E-state index in [0.717, 1.165) is 58.0 Å². The maximum atomic E-state index is 5.34. The molecule has 0 unspecified atom stereocenters. The Kier molecular flexibility index (Phi) is 11.3. The van der Waals surface area contributed by atoms with E-state index in [4.69, 9.17) is 9.26 Å². The summed E-state index contributed by atoms with van der Waals surface area (Å²) in [5, 5.41) is 10.9. The van der Waals surface area contributed by atoms with Crippen molar-refractivity contribution in [1.82, 2.24) is 25.7 Å². The summed E-state index contributed by atoms with van der Waals surface area (Å²) < 4.78 is 10.5. The fraction of sp³-hybridized carbons (Fsp3) is 0.842. The van der Waals surface area contributed by atoms with Crippen LogP contribution < -0.4 is 10.6 Å². The monoisotopic (exact) mass is 508 g/mol. The van der Waals surface area contributed by atoms with E-state index in [0.29, 0.717) is 24.3 Å². The number of guanidine groups is 1. The molecule has 1 aliphatic heterocycles. The molecule has 2 N–H and O–H groups in total. The molecule has 0 spiro atoms. The molecule has 1 fully saturated rings. The number of ether oxygens (including phenoxy) is 1. The lowest BCUT2D eigenvalue weighted by Crippen LogP contribution is -2.48. The van der Waals surface area contributed by atoms with Gasteiger partial charge in [-0.1, -0.05) is 25.9 Å². The van der Waals surface area contributed by atoms with E-state index in [-0.39, 0.29) is 29.4 Å². The molecule has 8 nitrogen and oxygen atoms in total. The number of halogens is 1. The maximum absolute atomic E-state index is 5.34. The molecule has 1 aliphatic rings. The molecule has 9 heteroatoms. The van der Waals surface area contributed by atoms with Crippen molar-refractivity contribution in [3.63, 3.8) is 0 Å². The van der Waals surface area contributed by atoms with Gasteiger partial charge in [0.05, 0.1) is 0 Å². The highest BCUT2D eigenvalue weighted by atomic mass is 127. The van der Waals surface area contributed by atoms with Crippen LogP contribution in [0.5, 0.6) is 0 Å². The van der Waals surface area contributed by atoms with Crippen LogP contribution >= 0.6 is 24.0 Å². The van der Waals surface area contributed by atoms with Crippen molar-refractivity contribution in [2.24, 2.45) is 4.99 Å². The van der Waals surface area contributed by atoms with Gasteiger partial charge in [-0.25, -0.2) is 4.99 Å². The van der Waals surface area contributed by atoms with Gasteiger partial charge in [-0.15, -0.1) is 24.0 Å². The molecule has 2 heterocycles. The summed E-state index contributed by atoms with van der Waals surface area (Å²) in [6.45, 7) is 13.6. The Balaban J connectivity index is 0.00000392. The maximum Gasteiger partial charge on any atom is 0.232 e. The van der Waals surface area contributed by atoms with E-state index >= 15 is 0 Å². The van der Waals surface area contributed by atoms with E-state index in [9.17, 15) is 0 Å². The predicted octanol–water partition coefficient (Wildman–Crippen LogP) is 2.54. The minimum Gasteiger partial charge on any atom is -0.385 e. The minimum atomic E-state index is -0.144. The van der Waals surface area contributed by atoms with Crippen LogP contribution in [0.3, 0.4) is 0 Å². The molecule has 2 rings (SSSR count). The average molecular weight is 508 g/mol. The molecule has 0 bridgehead atoms. The van der Waals surface area contributed by atoms with Crippen molar-refractivity contribution in [1.29, 1.82) is 0 Å². The van der Waals surface area contributed by atoms with Gasteiger partial charge in [-0.05, 0) is 26.2 Å². The van der Waals surface area contributed by atoms with E-state index in [1.165, 1.54) is 0 Å². The summed E-state index contributed by atoms with van der Waals surface area (Å²) in [5.41, 5.74) is -0.144. The van der Waals surface area contributed by atoms with Gasteiger partial charge in [0.25, 0.3) is 0 Å². The van der Waals surface area contributed by atoms with Crippen molar-refractivity contribution in [2.75, 3.05) is 39.9 Å². The summed E-state index contributed by atoms with van der Waals surface area (Å²) in [7, 11) is 1.76. The predicted molar refractivity (Wildman–Crippen MR) is 122 cm³/mol. The molecular formula is C19H37IN6O2. The lowest BCUT2D eigenvalue weighted by molar-refractivity contribution is 0.155. The second kappa shape index (κ2) is 12.6. The number of hydrogen-bond acceptors (Lipinski definition) is 6. The Morgan fingerprint density at radius 2 is 2.04 bits per heavy atom. The molecular weight excluding hydrogens is 471 g/mol. The lowest BCUT2D eigenvalue weighted by atomic mass is 9.97. The largest absolute Gasteiger partial charge is 0.385 e. The summed E-state index contributed by atoms with van der Waals surface area (Å²) in [4.78, 5) is 11.6. The Labute approximate surface area is 186 Å².